The lowest BCUT2D eigenvalue weighted by molar-refractivity contribution is -0.140. The van der Waals surface area contributed by atoms with Gasteiger partial charge in [0.05, 0.1) is 5.92 Å². The third kappa shape index (κ3) is 7.21. The second-order valence-electron chi connectivity index (χ2n) is 11.5. The molecule has 2 nitrogen and oxygen atoms in total. The van der Waals surface area contributed by atoms with Crippen molar-refractivity contribution in [3.05, 3.63) is 53.6 Å². The van der Waals surface area contributed by atoms with Crippen LogP contribution in [0.1, 0.15) is 103 Å². The van der Waals surface area contributed by atoms with Crippen molar-refractivity contribution in [1.82, 2.24) is 0 Å². The molecule has 2 aromatic carbocycles. The van der Waals surface area contributed by atoms with Gasteiger partial charge in [0.1, 0.15) is 0 Å². The molecule has 37 heavy (non-hydrogen) atoms. The first-order valence-corrected chi connectivity index (χ1v) is 14.8. The van der Waals surface area contributed by atoms with Gasteiger partial charge in [0.2, 0.25) is 5.82 Å². The fraction of sp³-hybridized carbons (Fsp3) is 0.606. The van der Waals surface area contributed by atoms with Gasteiger partial charge >= 0.3 is 5.97 Å². The van der Waals surface area contributed by atoms with E-state index >= 15 is 0 Å². The molecule has 0 spiro atoms. The van der Waals surface area contributed by atoms with Crippen molar-refractivity contribution in [2.45, 2.75) is 104 Å². The van der Waals surface area contributed by atoms with Crippen LogP contribution in [0.4, 0.5) is 8.78 Å². The van der Waals surface area contributed by atoms with Crippen LogP contribution in [0.3, 0.4) is 0 Å². The normalized spacial score (nSPS) is 24.1. The minimum absolute atomic E-state index is 0.181. The number of ether oxygens (including phenoxy) is 1. The van der Waals surface area contributed by atoms with E-state index in [0.29, 0.717) is 11.5 Å². The number of esters is 1. The number of carbonyl (C=O) groups excluding carboxylic acids is 1. The first kappa shape index (κ1) is 27.8. The molecule has 0 radical (unpaired) electrons. The molecule has 2 saturated carbocycles. The molecule has 2 aliphatic carbocycles. The maximum atomic E-state index is 14.9. The quantitative estimate of drug-likeness (QED) is 0.181. The Kier molecular flexibility index (Phi) is 10.2. The van der Waals surface area contributed by atoms with Crippen molar-refractivity contribution in [1.29, 1.82) is 0 Å². The third-order valence-electron chi connectivity index (χ3n) is 8.94. The lowest BCUT2D eigenvalue weighted by Gasteiger charge is -2.37. The molecule has 0 aliphatic heterocycles. The molecule has 4 rings (SSSR count). The topological polar surface area (TPSA) is 26.3 Å². The molecule has 0 aromatic heterocycles. The van der Waals surface area contributed by atoms with Gasteiger partial charge in [-0.2, -0.15) is 4.39 Å². The standard InChI is InChI=1S/C33H44F2O2/c1-3-5-6-8-24-9-13-25(14-10-24)26-17-19-28(20-18-26)33(36)37-30-22-21-29(31(34)32(30)35)27-15-11-23(7-4-2)12-16-27/h11-12,15-16,21-22,24-26,28H,3-10,13-14,17-20H2,1-2H3. The van der Waals surface area contributed by atoms with Crippen molar-refractivity contribution < 1.29 is 18.3 Å². The molecule has 4 heteroatoms. The monoisotopic (exact) mass is 510 g/mol. The van der Waals surface area contributed by atoms with Crippen LogP contribution >= 0.6 is 0 Å². The molecule has 0 unspecified atom stereocenters. The summed E-state index contributed by atoms with van der Waals surface area (Å²) in [6.45, 7) is 4.37. The van der Waals surface area contributed by atoms with Gasteiger partial charge < -0.3 is 4.74 Å². The predicted octanol–water partition coefficient (Wildman–Crippen LogP) is 9.68. The number of halogens is 2. The Bertz CT molecular complexity index is 1000. The van der Waals surface area contributed by atoms with E-state index in [2.05, 4.69) is 13.8 Å². The van der Waals surface area contributed by atoms with E-state index in [9.17, 15) is 13.6 Å². The highest BCUT2D eigenvalue weighted by Crippen LogP contribution is 2.43. The molecule has 0 atom stereocenters. The summed E-state index contributed by atoms with van der Waals surface area (Å²) < 4.78 is 35.1. The largest absolute Gasteiger partial charge is 0.423 e. The maximum absolute atomic E-state index is 14.9. The van der Waals surface area contributed by atoms with E-state index in [1.54, 1.807) is 0 Å². The van der Waals surface area contributed by atoms with Crippen LogP contribution < -0.4 is 4.74 Å². The fourth-order valence-electron chi connectivity index (χ4n) is 6.62. The Labute approximate surface area is 222 Å². The number of hydrogen-bond donors (Lipinski definition) is 0. The molecule has 2 fully saturated rings. The molecule has 0 saturated heterocycles. The Morgan fingerprint density at radius 2 is 1.43 bits per heavy atom. The Morgan fingerprint density at radius 3 is 2.05 bits per heavy atom. The summed E-state index contributed by atoms with van der Waals surface area (Å²) in [5.74, 6) is -0.626. The summed E-state index contributed by atoms with van der Waals surface area (Å²) in [6.07, 6.45) is 16.4. The van der Waals surface area contributed by atoms with Crippen molar-refractivity contribution >= 4 is 5.97 Å². The number of benzene rings is 2. The highest BCUT2D eigenvalue weighted by Gasteiger charge is 2.34. The Balaban J connectivity index is 1.27. The van der Waals surface area contributed by atoms with E-state index in [1.165, 1.54) is 69.1 Å². The van der Waals surface area contributed by atoms with Gasteiger partial charge in [-0.25, -0.2) is 4.39 Å². The molecular weight excluding hydrogens is 466 g/mol. The molecule has 2 aliphatic rings. The lowest BCUT2D eigenvalue weighted by Crippen LogP contribution is -2.30. The SMILES string of the molecule is CCCCCC1CCC(C2CCC(C(=O)Oc3ccc(-c4ccc(CCC)cc4)c(F)c3F)CC2)CC1. The summed E-state index contributed by atoms with van der Waals surface area (Å²) in [7, 11) is 0. The highest BCUT2D eigenvalue weighted by atomic mass is 19.2. The van der Waals surface area contributed by atoms with Crippen LogP contribution in [-0.4, -0.2) is 5.97 Å². The number of carbonyl (C=O) groups is 1. The zero-order chi connectivity index (χ0) is 26.2. The van der Waals surface area contributed by atoms with Crippen molar-refractivity contribution in [3.63, 3.8) is 0 Å². The summed E-state index contributed by atoms with van der Waals surface area (Å²) in [5.41, 5.74) is 1.96. The van der Waals surface area contributed by atoms with Gasteiger partial charge in [-0.3, -0.25) is 4.79 Å². The fourth-order valence-corrected chi connectivity index (χ4v) is 6.62. The Morgan fingerprint density at radius 1 is 0.784 bits per heavy atom. The van der Waals surface area contributed by atoms with Crippen molar-refractivity contribution in [2.75, 3.05) is 0 Å². The minimum atomic E-state index is -1.09. The van der Waals surface area contributed by atoms with Gasteiger partial charge in [0.25, 0.3) is 0 Å². The van der Waals surface area contributed by atoms with Crippen LogP contribution in [0.15, 0.2) is 36.4 Å². The molecule has 0 bridgehead atoms. The predicted molar refractivity (Wildman–Crippen MR) is 146 cm³/mol. The van der Waals surface area contributed by atoms with E-state index in [4.69, 9.17) is 4.74 Å². The second-order valence-corrected chi connectivity index (χ2v) is 11.5. The average Bonchev–Trinajstić information content (AvgIpc) is 2.93. The van der Waals surface area contributed by atoms with Gasteiger partial charge in [-0.15, -0.1) is 0 Å². The van der Waals surface area contributed by atoms with Crippen LogP contribution in [-0.2, 0) is 11.2 Å². The molecular formula is C33H44F2O2. The number of aryl methyl sites for hydroxylation is 1. The average molecular weight is 511 g/mol. The van der Waals surface area contributed by atoms with E-state index in [1.807, 2.05) is 24.3 Å². The second kappa shape index (κ2) is 13.5. The number of hydrogen-bond acceptors (Lipinski definition) is 2. The lowest BCUT2D eigenvalue weighted by atomic mass is 9.68. The first-order valence-electron chi connectivity index (χ1n) is 14.8. The van der Waals surface area contributed by atoms with Gasteiger partial charge in [0, 0.05) is 5.56 Å². The van der Waals surface area contributed by atoms with Crippen LogP contribution in [0.2, 0.25) is 0 Å². The number of unbranched alkanes of at least 4 members (excludes halogenated alkanes) is 2. The van der Waals surface area contributed by atoms with Gasteiger partial charge in [-0.1, -0.05) is 83.1 Å². The van der Waals surface area contributed by atoms with E-state index < -0.39 is 17.6 Å². The first-order chi connectivity index (χ1) is 18.0. The van der Waals surface area contributed by atoms with Crippen LogP contribution in [0.5, 0.6) is 5.75 Å². The zero-order valence-corrected chi connectivity index (χ0v) is 22.7. The van der Waals surface area contributed by atoms with Crippen molar-refractivity contribution in [3.8, 4) is 16.9 Å². The van der Waals surface area contributed by atoms with Crippen LogP contribution in [0.25, 0.3) is 11.1 Å². The Hall–Kier alpha value is -2.23. The summed E-state index contributed by atoms with van der Waals surface area (Å²) >= 11 is 0. The van der Waals surface area contributed by atoms with E-state index in [0.717, 1.165) is 50.4 Å². The molecule has 0 heterocycles. The molecule has 2 aromatic rings. The zero-order valence-electron chi connectivity index (χ0n) is 22.7. The maximum Gasteiger partial charge on any atom is 0.314 e. The summed E-state index contributed by atoms with van der Waals surface area (Å²) in [6, 6.07) is 10.4. The van der Waals surface area contributed by atoms with Gasteiger partial charge in [-0.05, 0) is 86.0 Å². The van der Waals surface area contributed by atoms with Crippen LogP contribution in [0, 0.1) is 35.3 Å². The minimum Gasteiger partial charge on any atom is -0.423 e. The third-order valence-corrected chi connectivity index (χ3v) is 8.94. The smallest absolute Gasteiger partial charge is 0.314 e. The summed E-state index contributed by atoms with van der Waals surface area (Å²) in [5, 5.41) is 0. The molecule has 0 amide bonds. The van der Waals surface area contributed by atoms with Gasteiger partial charge in [0.15, 0.2) is 11.6 Å². The number of rotatable bonds is 10. The summed E-state index contributed by atoms with van der Waals surface area (Å²) in [4.78, 5) is 12.8. The van der Waals surface area contributed by atoms with Crippen molar-refractivity contribution in [2.24, 2.45) is 23.7 Å². The molecule has 0 N–H and O–H groups in total. The highest BCUT2D eigenvalue weighted by molar-refractivity contribution is 5.76. The molecule has 202 valence electrons. The van der Waals surface area contributed by atoms with E-state index in [-0.39, 0.29) is 17.2 Å².